The fraction of sp³-hybridized carbons (Fsp3) is 0.364. The lowest BCUT2D eigenvalue weighted by Crippen LogP contribution is -2.41. The smallest absolute Gasteiger partial charge is 0.212 e. The average Bonchev–Trinajstić information content (AvgIpc) is 2.37. The molecule has 4 nitrogen and oxygen atoms in total. The largest absolute Gasteiger partial charge is 0.320 e. The molecule has 1 aromatic rings. The zero-order valence-corrected chi connectivity index (χ0v) is 10.8. The lowest BCUT2D eigenvalue weighted by molar-refractivity contribution is -0.122. The molecule has 20 heavy (non-hydrogen) atoms. The van der Waals surface area contributed by atoms with Crippen molar-refractivity contribution < 1.29 is 26.0 Å². The van der Waals surface area contributed by atoms with Gasteiger partial charge in [0.15, 0.2) is 0 Å². The first-order valence-electron chi connectivity index (χ1n) is 5.29. The molecule has 1 aromatic carbocycles. The second kappa shape index (κ2) is 6.19. The predicted octanol–water partition coefficient (Wildman–Crippen LogP) is 1.88. The highest BCUT2D eigenvalue weighted by atomic mass is 32.2. The van der Waals surface area contributed by atoms with E-state index in [9.17, 15) is 26.0 Å². The lowest BCUT2D eigenvalue weighted by atomic mass is 10.1. The summed E-state index contributed by atoms with van der Waals surface area (Å²) in [5.41, 5.74) is 0.168. The fourth-order valence-corrected chi connectivity index (χ4v) is 2.47. The Labute approximate surface area is 113 Å². The van der Waals surface area contributed by atoms with Crippen molar-refractivity contribution in [3.05, 3.63) is 35.4 Å². The van der Waals surface area contributed by atoms with Crippen LogP contribution in [0.3, 0.4) is 0 Å². The number of sulfonamides is 1. The van der Waals surface area contributed by atoms with Crippen LogP contribution in [0, 0.1) is 11.3 Å². The van der Waals surface area contributed by atoms with Gasteiger partial charge < -0.3 is 0 Å². The number of hydrogen-bond acceptors (Lipinski definition) is 3. The van der Waals surface area contributed by atoms with E-state index in [1.54, 1.807) is 6.07 Å². The van der Waals surface area contributed by atoms with E-state index in [1.165, 1.54) is 29.0 Å². The standard InChI is InChI=1S/C11H10F4N2O2S/c12-10(13)11(14,15)7-17-20(18,19)6-9-4-2-1-3-8(9)5-16/h1-4,10,17H,6-7H2. The number of halogens is 4. The van der Waals surface area contributed by atoms with Crippen molar-refractivity contribution in [2.75, 3.05) is 6.54 Å². The Balaban J connectivity index is 2.79. The molecular formula is C11H10F4N2O2S. The first kappa shape index (κ1) is 16.4. The van der Waals surface area contributed by atoms with E-state index in [2.05, 4.69) is 0 Å². The number of hydrogen-bond donors (Lipinski definition) is 1. The maximum Gasteiger partial charge on any atom is 0.320 e. The van der Waals surface area contributed by atoms with E-state index >= 15 is 0 Å². The number of nitrogens with zero attached hydrogens (tertiary/aromatic N) is 1. The van der Waals surface area contributed by atoms with Crippen molar-refractivity contribution in [1.29, 1.82) is 5.26 Å². The number of rotatable bonds is 6. The highest BCUT2D eigenvalue weighted by molar-refractivity contribution is 7.88. The molecule has 0 aliphatic heterocycles. The minimum atomic E-state index is -4.44. The fourth-order valence-electron chi connectivity index (χ4n) is 1.29. The summed E-state index contributed by atoms with van der Waals surface area (Å²) < 4.78 is 73.6. The van der Waals surface area contributed by atoms with Gasteiger partial charge >= 0.3 is 12.3 Å². The van der Waals surface area contributed by atoms with E-state index in [4.69, 9.17) is 5.26 Å². The second-order valence-electron chi connectivity index (χ2n) is 3.91. The van der Waals surface area contributed by atoms with Crippen LogP contribution in [0.2, 0.25) is 0 Å². The maximum atomic E-state index is 12.6. The Kier molecular flexibility index (Phi) is 5.08. The van der Waals surface area contributed by atoms with Crippen LogP contribution in [-0.4, -0.2) is 27.3 Å². The van der Waals surface area contributed by atoms with Gasteiger partial charge in [-0.2, -0.15) is 14.0 Å². The van der Waals surface area contributed by atoms with Crippen molar-refractivity contribution in [3.8, 4) is 6.07 Å². The van der Waals surface area contributed by atoms with Crippen LogP contribution in [0.25, 0.3) is 0 Å². The van der Waals surface area contributed by atoms with Crippen molar-refractivity contribution in [3.63, 3.8) is 0 Å². The van der Waals surface area contributed by atoms with Gasteiger partial charge in [0.25, 0.3) is 0 Å². The van der Waals surface area contributed by atoms with Gasteiger partial charge in [-0.05, 0) is 11.6 Å². The molecule has 0 aliphatic carbocycles. The SMILES string of the molecule is N#Cc1ccccc1CS(=O)(=O)NCC(F)(F)C(F)F. The molecule has 1 rings (SSSR count). The Morgan fingerprint density at radius 3 is 2.45 bits per heavy atom. The zero-order chi connectivity index (χ0) is 15.4. The van der Waals surface area contributed by atoms with E-state index in [0.29, 0.717) is 0 Å². The van der Waals surface area contributed by atoms with Crippen LogP contribution in [0.1, 0.15) is 11.1 Å². The topological polar surface area (TPSA) is 70.0 Å². The number of benzene rings is 1. The average molecular weight is 310 g/mol. The normalized spacial score (nSPS) is 12.4. The molecule has 0 spiro atoms. The van der Waals surface area contributed by atoms with Crippen LogP contribution in [0.15, 0.2) is 24.3 Å². The number of nitriles is 1. The first-order valence-corrected chi connectivity index (χ1v) is 6.94. The minimum absolute atomic E-state index is 0.0681. The summed E-state index contributed by atoms with van der Waals surface area (Å²) >= 11 is 0. The van der Waals surface area contributed by atoms with E-state index in [0.717, 1.165) is 0 Å². The van der Waals surface area contributed by atoms with Crippen LogP contribution < -0.4 is 4.72 Å². The lowest BCUT2D eigenvalue weighted by Gasteiger charge is -2.16. The monoisotopic (exact) mass is 310 g/mol. The van der Waals surface area contributed by atoms with Crippen molar-refractivity contribution in [2.24, 2.45) is 0 Å². The van der Waals surface area contributed by atoms with E-state index < -0.39 is 34.7 Å². The summed E-state index contributed by atoms with van der Waals surface area (Å²) in [7, 11) is -4.25. The molecule has 0 bridgehead atoms. The van der Waals surface area contributed by atoms with Gasteiger partial charge in [-0.1, -0.05) is 18.2 Å². The van der Waals surface area contributed by atoms with Gasteiger partial charge in [0.2, 0.25) is 10.0 Å². The third-order valence-corrected chi connectivity index (χ3v) is 3.61. The van der Waals surface area contributed by atoms with Gasteiger partial charge in [-0.25, -0.2) is 21.9 Å². The summed E-state index contributed by atoms with van der Waals surface area (Å²) in [6.45, 7) is -1.69. The summed E-state index contributed by atoms with van der Waals surface area (Å²) in [5.74, 6) is -5.18. The molecule has 0 aromatic heterocycles. The first-order chi connectivity index (χ1) is 9.18. The van der Waals surface area contributed by atoms with E-state index in [-0.39, 0.29) is 11.1 Å². The summed E-state index contributed by atoms with van der Waals surface area (Å²) in [6.07, 6.45) is -3.96. The number of nitrogens with one attached hydrogen (secondary N) is 1. The third-order valence-electron chi connectivity index (χ3n) is 2.33. The molecule has 0 unspecified atom stereocenters. The molecule has 0 saturated carbocycles. The Bertz CT molecular complexity index is 611. The highest BCUT2D eigenvalue weighted by Gasteiger charge is 2.41. The quantitative estimate of drug-likeness (QED) is 0.816. The Morgan fingerprint density at radius 1 is 1.30 bits per heavy atom. The van der Waals surface area contributed by atoms with Gasteiger partial charge in [-0.3, -0.25) is 0 Å². The Morgan fingerprint density at radius 2 is 1.90 bits per heavy atom. The molecule has 0 aliphatic rings. The Hall–Kier alpha value is -1.66. The molecule has 0 fully saturated rings. The molecular weight excluding hydrogens is 300 g/mol. The molecule has 0 amide bonds. The highest BCUT2D eigenvalue weighted by Crippen LogP contribution is 2.22. The van der Waals surface area contributed by atoms with Crippen LogP contribution in [-0.2, 0) is 15.8 Å². The number of alkyl halides is 4. The molecule has 0 saturated heterocycles. The van der Waals surface area contributed by atoms with Crippen molar-refractivity contribution >= 4 is 10.0 Å². The summed E-state index contributed by atoms with van der Waals surface area (Å²) in [4.78, 5) is 0. The molecule has 9 heteroatoms. The van der Waals surface area contributed by atoms with Crippen LogP contribution in [0.5, 0.6) is 0 Å². The summed E-state index contributed by atoms with van der Waals surface area (Å²) in [6, 6.07) is 7.42. The van der Waals surface area contributed by atoms with Crippen LogP contribution >= 0.6 is 0 Å². The third kappa shape index (κ3) is 4.47. The summed E-state index contributed by atoms with van der Waals surface area (Å²) in [5, 5.41) is 8.76. The van der Waals surface area contributed by atoms with Gasteiger partial charge in [0.1, 0.15) is 0 Å². The molecule has 0 atom stereocenters. The predicted molar refractivity (Wildman–Crippen MR) is 62.7 cm³/mol. The minimum Gasteiger partial charge on any atom is -0.212 e. The molecule has 0 radical (unpaired) electrons. The maximum absolute atomic E-state index is 12.6. The molecule has 1 N–H and O–H groups in total. The van der Waals surface area contributed by atoms with Crippen molar-refractivity contribution in [2.45, 2.75) is 18.1 Å². The zero-order valence-electron chi connectivity index (χ0n) is 9.98. The second-order valence-corrected chi connectivity index (χ2v) is 5.72. The molecule has 110 valence electrons. The van der Waals surface area contributed by atoms with Gasteiger partial charge in [0, 0.05) is 0 Å². The van der Waals surface area contributed by atoms with Crippen LogP contribution in [0.4, 0.5) is 17.6 Å². The van der Waals surface area contributed by atoms with Gasteiger partial charge in [0.05, 0.1) is 23.9 Å². The van der Waals surface area contributed by atoms with Gasteiger partial charge in [-0.15, -0.1) is 0 Å². The molecule has 0 heterocycles. The van der Waals surface area contributed by atoms with Crippen molar-refractivity contribution in [1.82, 2.24) is 4.72 Å². The van der Waals surface area contributed by atoms with E-state index in [1.807, 2.05) is 0 Å².